The normalized spacial score (nSPS) is 11.8. The molecule has 0 aliphatic rings. The highest BCUT2D eigenvalue weighted by Gasteiger charge is 2.16. The average Bonchev–Trinajstić information content (AvgIpc) is 2.91. The predicted octanol–water partition coefficient (Wildman–Crippen LogP) is 4.64. The van der Waals surface area contributed by atoms with Gasteiger partial charge in [0.25, 0.3) is 0 Å². The molecule has 2 rings (SSSR count). The molecule has 0 amide bonds. The first kappa shape index (κ1) is 20.3. The number of benzene rings is 1. The van der Waals surface area contributed by atoms with E-state index >= 15 is 0 Å². The van der Waals surface area contributed by atoms with Crippen LogP contribution in [0.4, 0.5) is 0 Å². The minimum absolute atomic E-state index is 0.261. The summed E-state index contributed by atoms with van der Waals surface area (Å²) in [5, 5.41) is 8.73. The minimum atomic E-state index is 0.261. The first-order valence-electron chi connectivity index (χ1n) is 9.68. The number of carbonyl (C=O) groups excluding carboxylic acids is 1. The summed E-state index contributed by atoms with van der Waals surface area (Å²) in [7, 11) is 0. The van der Waals surface area contributed by atoms with E-state index in [0.717, 1.165) is 36.6 Å². The fourth-order valence-corrected chi connectivity index (χ4v) is 3.33. The molecule has 0 atom stereocenters. The molecule has 4 nitrogen and oxygen atoms in total. The largest absolute Gasteiger partial charge is 0.315 e. The molecule has 0 aliphatic heterocycles. The van der Waals surface area contributed by atoms with E-state index in [2.05, 4.69) is 74.5 Å². The highest BCUT2D eigenvalue weighted by atomic mass is 16.1. The summed E-state index contributed by atoms with van der Waals surface area (Å²) in [4.78, 5) is 12.4. The second-order valence-corrected chi connectivity index (χ2v) is 8.55. The van der Waals surface area contributed by atoms with Gasteiger partial charge in [-0.2, -0.15) is 0 Å². The van der Waals surface area contributed by atoms with Crippen LogP contribution in [-0.4, -0.2) is 20.5 Å². The lowest BCUT2D eigenvalue weighted by Crippen LogP contribution is -2.12. The molecule has 0 spiro atoms. The molecule has 0 fully saturated rings. The number of aryl methyl sites for hydroxylation is 4. The highest BCUT2D eigenvalue weighted by Crippen LogP contribution is 2.21. The molecule has 0 saturated carbocycles. The first-order valence-corrected chi connectivity index (χ1v) is 9.68. The minimum Gasteiger partial charge on any atom is -0.315 e. The van der Waals surface area contributed by atoms with Gasteiger partial charge in [0.15, 0.2) is 0 Å². The summed E-state index contributed by atoms with van der Waals surface area (Å²) in [5.41, 5.74) is 3.81. The van der Waals surface area contributed by atoms with Crippen LogP contribution in [0, 0.1) is 19.3 Å². The van der Waals surface area contributed by atoms with Gasteiger partial charge in [-0.15, -0.1) is 10.2 Å². The van der Waals surface area contributed by atoms with E-state index in [0.29, 0.717) is 19.3 Å². The third-order valence-electron chi connectivity index (χ3n) is 4.63. The Hall–Kier alpha value is -1.97. The number of hydrogen-bond acceptors (Lipinski definition) is 3. The van der Waals surface area contributed by atoms with Crippen LogP contribution in [0.25, 0.3) is 0 Å². The Balaban J connectivity index is 1.96. The van der Waals surface area contributed by atoms with Gasteiger partial charge in [-0.3, -0.25) is 4.79 Å². The molecular weight excluding hydrogens is 322 g/mol. The maximum Gasteiger partial charge on any atom is 0.137 e. The maximum absolute atomic E-state index is 12.4. The number of hydrogen-bond donors (Lipinski definition) is 0. The van der Waals surface area contributed by atoms with Crippen LogP contribution in [0.1, 0.15) is 68.9 Å². The van der Waals surface area contributed by atoms with Crippen LogP contribution in [0.5, 0.6) is 0 Å². The van der Waals surface area contributed by atoms with Crippen LogP contribution >= 0.6 is 0 Å². The van der Waals surface area contributed by atoms with Crippen molar-refractivity contribution in [3.05, 3.63) is 46.5 Å². The van der Waals surface area contributed by atoms with Gasteiger partial charge in [-0.25, -0.2) is 0 Å². The fourth-order valence-electron chi connectivity index (χ4n) is 3.33. The molecule has 4 heteroatoms. The van der Waals surface area contributed by atoms with Gasteiger partial charge in [-0.05, 0) is 38.2 Å². The quantitative estimate of drug-likeness (QED) is 0.693. The van der Waals surface area contributed by atoms with Gasteiger partial charge in [0.05, 0.1) is 0 Å². The topological polar surface area (TPSA) is 47.8 Å². The lowest BCUT2D eigenvalue weighted by atomic mass is 9.90. The monoisotopic (exact) mass is 355 g/mol. The summed E-state index contributed by atoms with van der Waals surface area (Å²) in [6.45, 7) is 13.8. The number of rotatable bonds is 8. The standard InChI is InChI=1S/C22H33N3O/c1-7-25-20(23-24-21(25)10-11-22(4,5)6)9-8-19(26)15-18-13-16(2)12-17(3)14-18/h12-14H,7-11,15H2,1-6H3. The van der Waals surface area contributed by atoms with Crippen molar-refractivity contribution in [2.75, 3.05) is 0 Å². The molecule has 0 saturated heterocycles. The number of Topliss-reactive ketones (excluding diaryl/α,β-unsaturated/α-hetero) is 1. The van der Waals surface area contributed by atoms with Gasteiger partial charge in [0, 0.05) is 32.2 Å². The molecule has 1 heterocycles. The number of carbonyl (C=O) groups is 1. The summed E-state index contributed by atoms with van der Waals surface area (Å²) >= 11 is 0. The average molecular weight is 356 g/mol. The van der Waals surface area contributed by atoms with E-state index in [9.17, 15) is 4.79 Å². The molecule has 1 aromatic heterocycles. The molecule has 26 heavy (non-hydrogen) atoms. The molecule has 2 aromatic rings. The van der Waals surface area contributed by atoms with Crippen molar-refractivity contribution in [1.29, 1.82) is 0 Å². The summed E-state index contributed by atoms with van der Waals surface area (Å²) < 4.78 is 2.18. The lowest BCUT2D eigenvalue weighted by molar-refractivity contribution is -0.118. The van der Waals surface area contributed by atoms with Crippen molar-refractivity contribution in [3.8, 4) is 0 Å². The SMILES string of the molecule is CCn1c(CCC(=O)Cc2cc(C)cc(C)c2)nnc1CCC(C)(C)C. The molecule has 0 bridgehead atoms. The Bertz CT molecular complexity index is 733. The van der Waals surface area contributed by atoms with Crippen molar-refractivity contribution in [2.45, 2.75) is 80.2 Å². The molecule has 0 N–H and O–H groups in total. The van der Waals surface area contributed by atoms with Crippen LogP contribution < -0.4 is 0 Å². The Labute approximate surface area is 158 Å². The van der Waals surface area contributed by atoms with Crippen LogP contribution in [0.2, 0.25) is 0 Å². The van der Waals surface area contributed by atoms with Gasteiger partial charge in [0.1, 0.15) is 17.4 Å². The van der Waals surface area contributed by atoms with E-state index in [1.54, 1.807) is 0 Å². The number of aromatic nitrogens is 3. The van der Waals surface area contributed by atoms with E-state index in [-0.39, 0.29) is 11.2 Å². The van der Waals surface area contributed by atoms with Crippen molar-refractivity contribution in [3.63, 3.8) is 0 Å². The fraction of sp³-hybridized carbons (Fsp3) is 0.591. The van der Waals surface area contributed by atoms with Crippen molar-refractivity contribution < 1.29 is 4.79 Å². The van der Waals surface area contributed by atoms with E-state index in [1.165, 1.54) is 11.1 Å². The molecule has 0 aliphatic carbocycles. The van der Waals surface area contributed by atoms with E-state index < -0.39 is 0 Å². The van der Waals surface area contributed by atoms with Crippen molar-refractivity contribution in [1.82, 2.24) is 14.8 Å². The smallest absolute Gasteiger partial charge is 0.137 e. The molecule has 0 unspecified atom stereocenters. The zero-order chi connectivity index (χ0) is 19.3. The predicted molar refractivity (Wildman–Crippen MR) is 106 cm³/mol. The van der Waals surface area contributed by atoms with Gasteiger partial charge in [0.2, 0.25) is 0 Å². The van der Waals surface area contributed by atoms with Crippen LogP contribution in [-0.2, 0) is 30.6 Å². The maximum atomic E-state index is 12.4. The molecular formula is C22H33N3O. The second kappa shape index (κ2) is 8.61. The molecule has 0 radical (unpaired) electrons. The number of ketones is 1. The van der Waals surface area contributed by atoms with Crippen molar-refractivity contribution >= 4 is 5.78 Å². The van der Waals surface area contributed by atoms with Gasteiger partial charge >= 0.3 is 0 Å². The van der Waals surface area contributed by atoms with Gasteiger partial charge < -0.3 is 4.57 Å². The molecule has 142 valence electrons. The molecule has 1 aromatic carbocycles. The van der Waals surface area contributed by atoms with E-state index in [1.807, 2.05) is 0 Å². The Morgan fingerprint density at radius 2 is 1.58 bits per heavy atom. The highest BCUT2D eigenvalue weighted by molar-refractivity contribution is 5.81. The zero-order valence-corrected chi connectivity index (χ0v) is 17.2. The van der Waals surface area contributed by atoms with Crippen LogP contribution in [0.15, 0.2) is 18.2 Å². The zero-order valence-electron chi connectivity index (χ0n) is 17.2. The van der Waals surface area contributed by atoms with Gasteiger partial charge in [-0.1, -0.05) is 50.1 Å². The van der Waals surface area contributed by atoms with Crippen molar-refractivity contribution in [2.24, 2.45) is 5.41 Å². The Kier molecular flexibility index (Phi) is 6.74. The summed E-state index contributed by atoms with van der Waals surface area (Å²) in [5.74, 6) is 2.24. The Morgan fingerprint density at radius 3 is 2.12 bits per heavy atom. The lowest BCUT2D eigenvalue weighted by Gasteiger charge is -2.17. The Morgan fingerprint density at radius 1 is 1.00 bits per heavy atom. The summed E-state index contributed by atoms with van der Waals surface area (Å²) in [6, 6.07) is 6.34. The van der Waals surface area contributed by atoms with Crippen LogP contribution in [0.3, 0.4) is 0 Å². The number of nitrogens with zero attached hydrogens (tertiary/aromatic N) is 3. The van der Waals surface area contributed by atoms with E-state index in [4.69, 9.17) is 0 Å². The first-order chi connectivity index (χ1) is 12.2. The third-order valence-corrected chi connectivity index (χ3v) is 4.63. The summed E-state index contributed by atoms with van der Waals surface area (Å²) in [6.07, 6.45) is 3.70. The third kappa shape index (κ3) is 6.08. The second-order valence-electron chi connectivity index (χ2n) is 8.55.